The minimum Gasteiger partial charge on any atom is -0.0955 e. The molecule has 1 saturated carbocycles. The van der Waals surface area contributed by atoms with Gasteiger partial charge in [-0.3, -0.25) is 0 Å². The third kappa shape index (κ3) is 2.88. The maximum atomic E-state index is 4.89. The third-order valence-electron chi connectivity index (χ3n) is 12.4. The predicted molar refractivity (Wildman–Crippen MR) is 157 cm³/mol. The van der Waals surface area contributed by atoms with Crippen molar-refractivity contribution in [3.63, 3.8) is 0 Å². The molecule has 1 aromatic rings. The fourth-order valence-electron chi connectivity index (χ4n) is 9.42. The summed E-state index contributed by atoms with van der Waals surface area (Å²) in [7, 11) is 0. The van der Waals surface area contributed by atoms with Gasteiger partial charge in [-0.1, -0.05) is 102 Å². The minimum absolute atomic E-state index is 0.0334. The van der Waals surface area contributed by atoms with Crippen molar-refractivity contribution in [2.75, 3.05) is 0 Å². The normalized spacial score (nSPS) is 36.4. The van der Waals surface area contributed by atoms with Crippen LogP contribution in [-0.2, 0) is 6.42 Å². The highest BCUT2D eigenvalue weighted by Gasteiger charge is 2.64. The summed E-state index contributed by atoms with van der Waals surface area (Å²) < 4.78 is 0. The molecule has 0 heterocycles. The Bertz CT molecular complexity index is 1270. The van der Waals surface area contributed by atoms with E-state index in [1.54, 1.807) is 5.56 Å². The molecule has 5 atom stereocenters. The van der Waals surface area contributed by atoms with Crippen LogP contribution >= 0.6 is 0 Å². The molecule has 4 aliphatic rings. The Morgan fingerprint density at radius 1 is 1.03 bits per heavy atom. The van der Waals surface area contributed by atoms with E-state index >= 15 is 0 Å². The van der Waals surface area contributed by atoms with Gasteiger partial charge in [-0.05, 0) is 108 Å². The van der Waals surface area contributed by atoms with Crippen LogP contribution in [0.25, 0.3) is 5.57 Å². The highest BCUT2D eigenvalue weighted by Crippen LogP contribution is 2.74. The first-order chi connectivity index (χ1) is 16.7. The Morgan fingerprint density at radius 3 is 2.22 bits per heavy atom. The summed E-state index contributed by atoms with van der Waals surface area (Å²) in [4.78, 5) is 0. The Kier molecular flexibility index (Phi) is 5.65. The molecule has 192 valence electrons. The molecule has 0 radical (unpaired) electrons. The lowest BCUT2D eigenvalue weighted by Crippen LogP contribution is -2.58. The van der Waals surface area contributed by atoms with Crippen molar-refractivity contribution >= 4 is 5.57 Å². The van der Waals surface area contributed by atoms with Gasteiger partial charge in [-0.25, -0.2) is 0 Å². The number of benzene rings is 1. The Balaban J connectivity index is 1.76. The van der Waals surface area contributed by atoms with Crippen molar-refractivity contribution < 1.29 is 0 Å². The van der Waals surface area contributed by atoms with Crippen LogP contribution in [0.3, 0.4) is 0 Å². The number of hydrogen-bond donors (Lipinski definition) is 0. The fourth-order valence-corrected chi connectivity index (χ4v) is 9.42. The summed E-state index contributed by atoms with van der Waals surface area (Å²) in [6, 6.07) is 4.92. The summed E-state index contributed by atoms with van der Waals surface area (Å²) in [6.07, 6.45) is 6.51. The minimum atomic E-state index is -0.118. The average molecular weight is 481 g/mol. The van der Waals surface area contributed by atoms with Crippen LogP contribution in [-0.4, -0.2) is 0 Å². The van der Waals surface area contributed by atoms with Crippen LogP contribution in [0.5, 0.6) is 0 Å². The molecule has 0 saturated heterocycles. The van der Waals surface area contributed by atoms with Crippen LogP contribution in [0.1, 0.15) is 109 Å². The first-order valence-corrected chi connectivity index (χ1v) is 14.3. The van der Waals surface area contributed by atoms with Crippen molar-refractivity contribution in [1.82, 2.24) is 0 Å². The zero-order chi connectivity index (χ0) is 26.5. The topological polar surface area (TPSA) is 0 Å². The van der Waals surface area contributed by atoms with E-state index in [0.717, 1.165) is 17.9 Å². The molecule has 0 unspecified atom stereocenters. The van der Waals surface area contributed by atoms with Crippen LogP contribution in [0.2, 0.25) is 0 Å². The van der Waals surface area contributed by atoms with E-state index in [9.17, 15) is 0 Å². The van der Waals surface area contributed by atoms with Crippen LogP contribution in [0, 0.1) is 35.0 Å². The lowest BCUT2D eigenvalue weighted by molar-refractivity contribution is -0.0260. The van der Waals surface area contributed by atoms with Gasteiger partial charge in [-0.2, -0.15) is 0 Å². The summed E-state index contributed by atoms with van der Waals surface area (Å²) in [5.74, 6) is 1.79. The SMILES string of the molecule is C=C(C)C1=C(C)C[C@@]2(C)[C@H](C)[C@]3(C)C(=C(C)[C@@]2(C)C1=C)C(=C)c1c(ccc(CC2CCC2)c1C)[C@H]3C. The van der Waals surface area contributed by atoms with E-state index in [-0.39, 0.29) is 16.2 Å². The van der Waals surface area contributed by atoms with E-state index in [2.05, 4.69) is 81.0 Å². The Labute approximate surface area is 221 Å². The van der Waals surface area contributed by atoms with E-state index in [1.807, 2.05) is 0 Å². The first-order valence-electron chi connectivity index (χ1n) is 14.3. The molecule has 0 amide bonds. The fraction of sp³-hybridized carbons (Fsp3) is 0.556. The second-order valence-corrected chi connectivity index (χ2v) is 13.7. The third-order valence-corrected chi connectivity index (χ3v) is 12.4. The van der Waals surface area contributed by atoms with Gasteiger partial charge in [0.25, 0.3) is 0 Å². The van der Waals surface area contributed by atoms with Crippen molar-refractivity contribution in [3.05, 3.63) is 87.6 Å². The average Bonchev–Trinajstić information content (AvgIpc) is 2.77. The summed E-state index contributed by atoms with van der Waals surface area (Å²) >= 11 is 0. The molecule has 0 heteroatoms. The zero-order valence-corrected chi connectivity index (χ0v) is 24.5. The van der Waals surface area contributed by atoms with Crippen LogP contribution in [0.4, 0.5) is 0 Å². The zero-order valence-electron chi connectivity index (χ0n) is 24.5. The second kappa shape index (κ2) is 7.96. The quantitative estimate of drug-likeness (QED) is 0.403. The Morgan fingerprint density at radius 2 is 1.67 bits per heavy atom. The van der Waals surface area contributed by atoms with Gasteiger partial charge in [0, 0.05) is 10.8 Å². The van der Waals surface area contributed by atoms with Gasteiger partial charge in [0.15, 0.2) is 0 Å². The van der Waals surface area contributed by atoms with Gasteiger partial charge in [-0.15, -0.1) is 0 Å². The van der Waals surface area contributed by atoms with E-state index in [1.165, 1.54) is 75.8 Å². The summed E-state index contributed by atoms with van der Waals surface area (Å²) in [5.41, 5.74) is 15.5. The van der Waals surface area contributed by atoms with Gasteiger partial charge in [0.1, 0.15) is 0 Å². The molecular formula is C36H48. The maximum Gasteiger partial charge on any atom is 0.0196 e. The van der Waals surface area contributed by atoms with Gasteiger partial charge < -0.3 is 0 Å². The molecule has 0 nitrogen and oxygen atoms in total. The van der Waals surface area contributed by atoms with Crippen molar-refractivity contribution in [1.29, 1.82) is 0 Å². The highest BCUT2D eigenvalue weighted by atomic mass is 14.7. The first kappa shape index (κ1) is 25.6. The molecule has 36 heavy (non-hydrogen) atoms. The predicted octanol–water partition coefficient (Wildman–Crippen LogP) is 10.3. The van der Waals surface area contributed by atoms with Crippen molar-refractivity contribution in [2.45, 2.75) is 100 Å². The molecule has 1 aromatic carbocycles. The lowest BCUT2D eigenvalue weighted by Gasteiger charge is -2.67. The van der Waals surface area contributed by atoms with E-state index in [4.69, 9.17) is 13.2 Å². The van der Waals surface area contributed by atoms with Crippen LogP contribution < -0.4 is 0 Å². The molecule has 1 fully saturated rings. The number of rotatable bonds is 3. The van der Waals surface area contributed by atoms with Crippen molar-refractivity contribution in [2.24, 2.45) is 28.1 Å². The van der Waals surface area contributed by atoms with Gasteiger partial charge in [0.2, 0.25) is 0 Å². The number of allylic oxidation sites excluding steroid dienone is 7. The second-order valence-electron chi connectivity index (χ2n) is 13.7. The molecule has 5 rings (SSSR count). The monoisotopic (exact) mass is 480 g/mol. The largest absolute Gasteiger partial charge is 0.0955 e. The molecule has 0 spiro atoms. The van der Waals surface area contributed by atoms with E-state index < -0.39 is 0 Å². The number of hydrogen-bond acceptors (Lipinski definition) is 0. The maximum absolute atomic E-state index is 4.89. The van der Waals surface area contributed by atoms with Crippen LogP contribution in [0.15, 0.2) is 65.3 Å². The van der Waals surface area contributed by atoms with Gasteiger partial charge in [0.05, 0.1) is 0 Å². The summed E-state index contributed by atoms with van der Waals surface area (Å²) in [5, 5.41) is 0. The highest BCUT2D eigenvalue weighted by molar-refractivity contribution is 5.88. The molecule has 0 N–H and O–H groups in total. The number of fused-ring (bicyclic) bond motifs is 3. The molecule has 0 aromatic heterocycles. The van der Waals surface area contributed by atoms with E-state index in [0.29, 0.717) is 11.8 Å². The smallest absolute Gasteiger partial charge is 0.0196 e. The standard InChI is InChI=1S/C36H48/c1-20(2)31-21(3)19-34(10)27(9)35(11)24(6)30-17-16-29(18-28-14-13-15-28)22(4)32(30)23(5)33(35)26(8)36(34,12)25(31)7/h16-17,24,27-28H,1,5,7,13-15,18-19H2,2-4,6,8-12H3/t24-,27+,34+,35-,36-/m1/s1. The molecule has 0 bridgehead atoms. The van der Waals surface area contributed by atoms with Crippen molar-refractivity contribution in [3.8, 4) is 0 Å². The molecular weight excluding hydrogens is 432 g/mol. The Hall–Kier alpha value is -2.08. The summed E-state index contributed by atoms with van der Waals surface area (Å²) in [6.45, 7) is 35.9. The van der Waals surface area contributed by atoms with Gasteiger partial charge >= 0.3 is 0 Å². The molecule has 4 aliphatic carbocycles. The molecule has 0 aliphatic heterocycles. The lowest BCUT2D eigenvalue weighted by atomic mass is 9.36.